The molecule has 0 radical (unpaired) electrons. The molecule has 2 aromatic rings. The van der Waals surface area contributed by atoms with E-state index in [-0.39, 0.29) is 11.1 Å². The van der Waals surface area contributed by atoms with Gasteiger partial charge in [-0.3, -0.25) is 0 Å². The SMILES string of the molecule is Cc1oc2cc(C(F)(F)F)ccc2c1C#N. The lowest BCUT2D eigenvalue weighted by atomic mass is 10.1. The molecule has 0 spiro atoms. The molecule has 1 heterocycles. The second-order valence-electron chi connectivity index (χ2n) is 3.35. The average Bonchev–Trinajstić information content (AvgIpc) is 2.50. The summed E-state index contributed by atoms with van der Waals surface area (Å²) in [6.45, 7) is 1.55. The molecule has 2 rings (SSSR count). The van der Waals surface area contributed by atoms with Gasteiger partial charge in [-0.2, -0.15) is 18.4 Å². The van der Waals surface area contributed by atoms with Crippen molar-refractivity contribution in [1.82, 2.24) is 0 Å². The number of benzene rings is 1. The van der Waals surface area contributed by atoms with Crippen molar-refractivity contribution in [2.45, 2.75) is 13.1 Å². The minimum absolute atomic E-state index is 0.0869. The minimum atomic E-state index is -4.40. The molecule has 1 aromatic carbocycles. The number of hydrogen-bond donors (Lipinski definition) is 0. The molecule has 0 amide bonds. The van der Waals surface area contributed by atoms with Gasteiger partial charge in [-0.1, -0.05) is 0 Å². The standard InChI is InChI=1S/C11H6F3NO/c1-6-9(5-15)8-3-2-7(11(12,13)14)4-10(8)16-6/h2-4H,1H3. The molecule has 0 aliphatic carbocycles. The Hall–Kier alpha value is -1.96. The lowest BCUT2D eigenvalue weighted by Crippen LogP contribution is -2.03. The van der Waals surface area contributed by atoms with Gasteiger partial charge >= 0.3 is 6.18 Å². The van der Waals surface area contributed by atoms with Crippen LogP contribution in [-0.4, -0.2) is 0 Å². The highest BCUT2D eigenvalue weighted by molar-refractivity contribution is 5.85. The Morgan fingerprint density at radius 3 is 2.56 bits per heavy atom. The zero-order chi connectivity index (χ0) is 11.9. The van der Waals surface area contributed by atoms with Gasteiger partial charge in [0, 0.05) is 5.39 Å². The van der Waals surface area contributed by atoms with Crippen LogP contribution >= 0.6 is 0 Å². The van der Waals surface area contributed by atoms with Gasteiger partial charge in [0.15, 0.2) is 0 Å². The van der Waals surface area contributed by atoms with Crippen LogP contribution in [-0.2, 0) is 6.18 Å². The molecule has 0 fully saturated rings. The predicted octanol–water partition coefficient (Wildman–Crippen LogP) is 3.63. The van der Waals surface area contributed by atoms with E-state index in [1.54, 1.807) is 6.92 Å². The van der Waals surface area contributed by atoms with Crippen molar-refractivity contribution in [3.8, 4) is 6.07 Å². The number of aryl methyl sites for hydroxylation is 1. The molecule has 16 heavy (non-hydrogen) atoms. The number of nitriles is 1. The maximum absolute atomic E-state index is 12.4. The van der Waals surface area contributed by atoms with Crippen molar-refractivity contribution in [3.63, 3.8) is 0 Å². The molecular formula is C11H6F3NO. The molecule has 82 valence electrons. The van der Waals surface area contributed by atoms with Gasteiger partial charge < -0.3 is 4.42 Å². The van der Waals surface area contributed by atoms with Crippen molar-refractivity contribution < 1.29 is 17.6 Å². The van der Waals surface area contributed by atoms with Gasteiger partial charge in [-0.25, -0.2) is 0 Å². The molecule has 0 aliphatic rings. The van der Waals surface area contributed by atoms with Crippen molar-refractivity contribution in [3.05, 3.63) is 35.1 Å². The Morgan fingerprint density at radius 1 is 1.31 bits per heavy atom. The summed E-state index contributed by atoms with van der Waals surface area (Å²) in [7, 11) is 0. The largest absolute Gasteiger partial charge is 0.460 e. The quantitative estimate of drug-likeness (QED) is 0.686. The Kier molecular flexibility index (Phi) is 2.16. The molecule has 0 N–H and O–H groups in total. The topological polar surface area (TPSA) is 36.9 Å². The lowest BCUT2D eigenvalue weighted by molar-refractivity contribution is -0.137. The van der Waals surface area contributed by atoms with E-state index in [1.807, 2.05) is 6.07 Å². The van der Waals surface area contributed by atoms with Gasteiger partial charge in [-0.05, 0) is 25.1 Å². The minimum Gasteiger partial charge on any atom is -0.460 e. The first-order valence-electron chi connectivity index (χ1n) is 4.44. The molecule has 5 heteroatoms. The van der Waals surface area contributed by atoms with Crippen molar-refractivity contribution >= 4 is 11.0 Å². The molecule has 0 bridgehead atoms. The summed E-state index contributed by atoms with van der Waals surface area (Å²) >= 11 is 0. The van der Waals surface area contributed by atoms with Crippen LogP contribution in [0.2, 0.25) is 0 Å². The third kappa shape index (κ3) is 1.52. The van der Waals surface area contributed by atoms with Gasteiger partial charge in [0.05, 0.1) is 5.56 Å². The van der Waals surface area contributed by atoms with E-state index in [2.05, 4.69) is 0 Å². The van der Waals surface area contributed by atoms with Gasteiger partial charge in [0.1, 0.15) is 23.0 Å². The van der Waals surface area contributed by atoms with Crippen molar-refractivity contribution in [1.29, 1.82) is 5.26 Å². The zero-order valence-corrected chi connectivity index (χ0v) is 8.22. The van der Waals surface area contributed by atoms with Crippen LogP contribution in [0.15, 0.2) is 22.6 Å². The molecule has 0 aliphatic heterocycles. The summed E-state index contributed by atoms with van der Waals surface area (Å²) in [4.78, 5) is 0. The van der Waals surface area contributed by atoms with Crippen molar-refractivity contribution in [2.24, 2.45) is 0 Å². The molecular weight excluding hydrogens is 219 g/mol. The third-order valence-electron chi connectivity index (χ3n) is 2.31. The lowest BCUT2D eigenvalue weighted by Gasteiger charge is -2.05. The van der Waals surface area contributed by atoms with Crippen LogP contribution in [0.25, 0.3) is 11.0 Å². The van der Waals surface area contributed by atoms with Crippen LogP contribution < -0.4 is 0 Å². The number of nitrogens with zero attached hydrogens (tertiary/aromatic N) is 1. The molecule has 0 atom stereocenters. The third-order valence-corrected chi connectivity index (χ3v) is 2.31. The number of furan rings is 1. The summed E-state index contributed by atoms with van der Waals surface area (Å²) in [5.41, 5.74) is -0.411. The van der Waals surface area contributed by atoms with E-state index in [0.29, 0.717) is 11.1 Å². The first-order valence-corrected chi connectivity index (χ1v) is 4.44. The van der Waals surface area contributed by atoms with E-state index in [1.165, 1.54) is 6.07 Å². The van der Waals surface area contributed by atoms with Crippen LogP contribution in [0, 0.1) is 18.3 Å². The van der Waals surface area contributed by atoms with Gasteiger partial charge in [0.2, 0.25) is 0 Å². The van der Waals surface area contributed by atoms with E-state index < -0.39 is 11.7 Å². The fourth-order valence-electron chi connectivity index (χ4n) is 1.53. The normalized spacial score (nSPS) is 11.7. The number of fused-ring (bicyclic) bond motifs is 1. The molecule has 1 aromatic heterocycles. The summed E-state index contributed by atoms with van der Waals surface area (Å²) in [6, 6.07) is 5.01. The van der Waals surface area contributed by atoms with Gasteiger partial charge in [0.25, 0.3) is 0 Å². The second-order valence-corrected chi connectivity index (χ2v) is 3.35. The summed E-state index contributed by atoms with van der Waals surface area (Å²) in [5, 5.41) is 9.21. The molecule has 0 unspecified atom stereocenters. The number of rotatable bonds is 0. The summed E-state index contributed by atoms with van der Waals surface area (Å²) in [6.07, 6.45) is -4.40. The van der Waals surface area contributed by atoms with Gasteiger partial charge in [-0.15, -0.1) is 0 Å². The Balaban J connectivity index is 2.71. The number of halogens is 3. The van der Waals surface area contributed by atoms with E-state index >= 15 is 0 Å². The van der Waals surface area contributed by atoms with Crippen molar-refractivity contribution in [2.75, 3.05) is 0 Å². The maximum atomic E-state index is 12.4. The maximum Gasteiger partial charge on any atom is 0.416 e. The summed E-state index contributed by atoms with van der Waals surface area (Å²) in [5.74, 6) is 0.330. The fraction of sp³-hybridized carbons (Fsp3) is 0.182. The van der Waals surface area contributed by atoms with Crippen LogP contribution in [0.5, 0.6) is 0 Å². The smallest absolute Gasteiger partial charge is 0.416 e. The Morgan fingerprint density at radius 2 is 2.00 bits per heavy atom. The number of hydrogen-bond acceptors (Lipinski definition) is 2. The van der Waals surface area contributed by atoms with Crippen LogP contribution in [0.4, 0.5) is 13.2 Å². The van der Waals surface area contributed by atoms with E-state index in [9.17, 15) is 13.2 Å². The molecule has 2 nitrogen and oxygen atoms in total. The highest BCUT2D eigenvalue weighted by Crippen LogP contribution is 2.33. The van der Waals surface area contributed by atoms with Crippen LogP contribution in [0.3, 0.4) is 0 Å². The Bertz CT molecular complexity index is 590. The highest BCUT2D eigenvalue weighted by Gasteiger charge is 2.31. The number of alkyl halides is 3. The predicted molar refractivity (Wildman–Crippen MR) is 50.7 cm³/mol. The second kappa shape index (κ2) is 3.27. The van der Waals surface area contributed by atoms with E-state index in [0.717, 1.165) is 12.1 Å². The molecule has 0 saturated heterocycles. The average molecular weight is 225 g/mol. The summed E-state index contributed by atoms with van der Waals surface area (Å²) < 4.78 is 42.3. The molecule has 0 saturated carbocycles. The zero-order valence-electron chi connectivity index (χ0n) is 8.22. The monoisotopic (exact) mass is 225 g/mol. The highest BCUT2D eigenvalue weighted by atomic mass is 19.4. The fourth-order valence-corrected chi connectivity index (χ4v) is 1.53. The van der Waals surface area contributed by atoms with Crippen LogP contribution in [0.1, 0.15) is 16.9 Å². The first-order chi connectivity index (χ1) is 7.43. The Labute approximate surface area is 88.9 Å². The van der Waals surface area contributed by atoms with E-state index in [4.69, 9.17) is 9.68 Å². The first kappa shape index (κ1) is 10.6.